The molecular formula is C26H22F3NO5. The van der Waals surface area contributed by atoms with Gasteiger partial charge in [0, 0.05) is 12.1 Å². The second-order valence-corrected chi connectivity index (χ2v) is 7.98. The molecule has 1 amide bonds. The van der Waals surface area contributed by atoms with E-state index < -0.39 is 35.6 Å². The monoisotopic (exact) mass is 485 g/mol. The number of ether oxygens (including phenoxy) is 3. The minimum atomic E-state index is -4.54. The van der Waals surface area contributed by atoms with Crippen molar-refractivity contribution in [3.63, 3.8) is 0 Å². The van der Waals surface area contributed by atoms with Crippen LogP contribution >= 0.6 is 0 Å². The van der Waals surface area contributed by atoms with E-state index in [4.69, 9.17) is 14.2 Å². The van der Waals surface area contributed by atoms with Gasteiger partial charge in [0.05, 0.1) is 11.5 Å². The van der Waals surface area contributed by atoms with Crippen molar-refractivity contribution in [2.24, 2.45) is 0 Å². The maximum Gasteiger partial charge on any atom is 0.416 e. The van der Waals surface area contributed by atoms with Crippen molar-refractivity contribution in [1.82, 2.24) is 5.32 Å². The Hall–Kier alpha value is -4.01. The highest BCUT2D eigenvalue weighted by atomic mass is 19.4. The maximum atomic E-state index is 13.1. The Bertz CT molecular complexity index is 1210. The molecular weight excluding hydrogens is 463 g/mol. The predicted molar refractivity (Wildman–Crippen MR) is 120 cm³/mol. The molecule has 1 aliphatic heterocycles. The van der Waals surface area contributed by atoms with Gasteiger partial charge in [-0.2, -0.15) is 13.2 Å². The second-order valence-electron chi connectivity index (χ2n) is 7.98. The van der Waals surface area contributed by atoms with Gasteiger partial charge in [0.2, 0.25) is 12.9 Å². The van der Waals surface area contributed by atoms with Gasteiger partial charge in [0.25, 0.3) is 5.91 Å². The fourth-order valence-corrected chi connectivity index (χ4v) is 3.57. The zero-order valence-corrected chi connectivity index (χ0v) is 18.7. The quantitative estimate of drug-likeness (QED) is 0.470. The Morgan fingerprint density at radius 1 is 0.943 bits per heavy atom. The highest BCUT2D eigenvalue weighted by Gasteiger charge is 2.32. The number of nitrogens with one attached hydrogen (secondary N) is 1. The SMILES string of the molecule is CC(C(=O)OC(C(=O)NCc1ccc2c(c1)OCO2)c1ccccc1)c1cccc(C(F)(F)F)c1. The minimum Gasteiger partial charge on any atom is -0.454 e. The summed E-state index contributed by atoms with van der Waals surface area (Å²) in [5, 5.41) is 2.74. The van der Waals surface area contributed by atoms with Crippen molar-refractivity contribution >= 4 is 11.9 Å². The first-order valence-electron chi connectivity index (χ1n) is 10.8. The molecule has 0 saturated carbocycles. The number of rotatable bonds is 7. The first kappa shape index (κ1) is 24.1. The summed E-state index contributed by atoms with van der Waals surface area (Å²) in [6, 6.07) is 18.1. The van der Waals surface area contributed by atoms with Crippen molar-refractivity contribution < 1.29 is 37.0 Å². The van der Waals surface area contributed by atoms with Gasteiger partial charge in [-0.15, -0.1) is 0 Å². The van der Waals surface area contributed by atoms with E-state index in [-0.39, 0.29) is 18.9 Å². The molecule has 0 saturated heterocycles. The van der Waals surface area contributed by atoms with E-state index in [1.165, 1.54) is 19.1 Å². The fraction of sp³-hybridized carbons (Fsp3) is 0.231. The molecule has 3 aromatic carbocycles. The van der Waals surface area contributed by atoms with Crippen LogP contribution in [0.15, 0.2) is 72.8 Å². The molecule has 35 heavy (non-hydrogen) atoms. The van der Waals surface area contributed by atoms with Gasteiger partial charge >= 0.3 is 12.1 Å². The number of hydrogen-bond acceptors (Lipinski definition) is 5. The largest absolute Gasteiger partial charge is 0.454 e. The van der Waals surface area contributed by atoms with E-state index in [1.54, 1.807) is 48.5 Å². The molecule has 0 bridgehead atoms. The van der Waals surface area contributed by atoms with Crippen LogP contribution in [0.3, 0.4) is 0 Å². The van der Waals surface area contributed by atoms with E-state index in [0.29, 0.717) is 17.1 Å². The van der Waals surface area contributed by atoms with Crippen LogP contribution in [0.4, 0.5) is 13.2 Å². The Balaban J connectivity index is 1.49. The number of halogens is 3. The lowest BCUT2D eigenvalue weighted by atomic mass is 9.98. The molecule has 1 heterocycles. The summed E-state index contributed by atoms with van der Waals surface area (Å²) in [4.78, 5) is 25.9. The zero-order valence-electron chi connectivity index (χ0n) is 18.7. The average molecular weight is 485 g/mol. The molecule has 0 spiro atoms. The van der Waals surface area contributed by atoms with E-state index in [0.717, 1.165) is 17.7 Å². The Labute approximate surface area is 199 Å². The van der Waals surface area contributed by atoms with Crippen LogP contribution in [-0.2, 0) is 27.0 Å². The van der Waals surface area contributed by atoms with Gasteiger partial charge in [-0.3, -0.25) is 9.59 Å². The first-order chi connectivity index (χ1) is 16.7. The topological polar surface area (TPSA) is 73.9 Å². The number of fused-ring (bicyclic) bond motifs is 1. The molecule has 9 heteroatoms. The molecule has 0 aliphatic carbocycles. The van der Waals surface area contributed by atoms with Crippen molar-refractivity contribution in [2.45, 2.75) is 31.7 Å². The van der Waals surface area contributed by atoms with Gasteiger partial charge in [0.15, 0.2) is 11.5 Å². The van der Waals surface area contributed by atoms with Crippen LogP contribution < -0.4 is 14.8 Å². The highest BCUT2D eigenvalue weighted by molar-refractivity contribution is 5.86. The second kappa shape index (κ2) is 10.1. The number of carbonyl (C=O) groups excluding carboxylic acids is 2. The highest BCUT2D eigenvalue weighted by Crippen LogP contribution is 2.33. The van der Waals surface area contributed by atoms with Gasteiger partial charge < -0.3 is 19.5 Å². The standard InChI is InChI=1S/C26H22F3NO5/c1-16(19-8-5-9-20(13-19)26(27,28)29)25(32)35-23(18-6-3-2-4-7-18)24(31)30-14-17-10-11-21-22(12-17)34-15-33-21/h2-13,16,23H,14-15H2,1H3,(H,30,31). The van der Waals surface area contributed by atoms with Crippen molar-refractivity contribution in [3.8, 4) is 11.5 Å². The smallest absolute Gasteiger partial charge is 0.416 e. The third kappa shape index (κ3) is 5.74. The average Bonchev–Trinajstić information content (AvgIpc) is 3.33. The lowest BCUT2D eigenvalue weighted by Crippen LogP contribution is -2.32. The van der Waals surface area contributed by atoms with Crippen LogP contribution in [0.2, 0.25) is 0 Å². The van der Waals surface area contributed by atoms with Crippen LogP contribution in [-0.4, -0.2) is 18.7 Å². The summed E-state index contributed by atoms with van der Waals surface area (Å²) in [5.74, 6) is -1.24. The summed E-state index contributed by atoms with van der Waals surface area (Å²) < 4.78 is 55.4. The summed E-state index contributed by atoms with van der Waals surface area (Å²) in [7, 11) is 0. The Morgan fingerprint density at radius 2 is 1.66 bits per heavy atom. The zero-order chi connectivity index (χ0) is 25.0. The molecule has 2 atom stereocenters. The summed E-state index contributed by atoms with van der Waals surface area (Å²) in [6.45, 7) is 1.70. The minimum absolute atomic E-state index is 0.126. The van der Waals surface area contributed by atoms with Crippen molar-refractivity contribution in [1.29, 1.82) is 0 Å². The fourth-order valence-electron chi connectivity index (χ4n) is 3.57. The number of benzene rings is 3. The van der Waals surface area contributed by atoms with Crippen molar-refractivity contribution in [2.75, 3.05) is 6.79 Å². The number of esters is 1. The van der Waals surface area contributed by atoms with Gasteiger partial charge in [-0.25, -0.2) is 0 Å². The normalized spacial score (nSPS) is 14.2. The van der Waals surface area contributed by atoms with E-state index in [9.17, 15) is 22.8 Å². The predicted octanol–water partition coefficient (Wildman–Crippen LogP) is 5.14. The third-order valence-corrected chi connectivity index (χ3v) is 5.55. The molecule has 0 radical (unpaired) electrons. The molecule has 182 valence electrons. The third-order valence-electron chi connectivity index (χ3n) is 5.55. The van der Waals surface area contributed by atoms with Gasteiger partial charge in [-0.05, 0) is 36.2 Å². The number of alkyl halides is 3. The molecule has 2 unspecified atom stereocenters. The Morgan fingerprint density at radius 3 is 2.40 bits per heavy atom. The van der Waals surface area contributed by atoms with E-state index in [1.807, 2.05) is 0 Å². The van der Waals surface area contributed by atoms with Crippen molar-refractivity contribution in [3.05, 3.63) is 95.1 Å². The first-order valence-corrected chi connectivity index (χ1v) is 10.8. The van der Waals surface area contributed by atoms with Gasteiger partial charge in [0.1, 0.15) is 0 Å². The maximum absolute atomic E-state index is 13.1. The lowest BCUT2D eigenvalue weighted by Gasteiger charge is -2.21. The number of hydrogen-bond donors (Lipinski definition) is 1. The number of carbonyl (C=O) groups is 2. The lowest BCUT2D eigenvalue weighted by molar-refractivity contribution is -0.157. The number of amides is 1. The molecule has 1 N–H and O–H groups in total. The van der Waals surface area contributed by atoms with E-state index in [2.05, 4.69) is 5.32 Å². The molecule has 6 nitrogen and oxygen atoms in total. The molecule has 4 rings (SSSR count). The van der Waals surface area contributed by atoms with Crippen LogP contribution in [0.1, 0.15) is 41.2 Å². The van der Waals surface area contributed by atoms with E-state index >= 15 is 0 Å². The summed E-state index contributed by atoms with van der Waals surface area (Å²) >= 11 is 0. The Kier molecular flexibility index (Phi) is 6.95. The van der Waals surface area contributed by atoms with Gasteiger partial charge in [-0.1, -0.05) is 54.6 Å². The molecule has 1 aliphatic rings. The summed E-state index contributed by atoms with van der Waals surface area (Å²) in [5.41, 5.74) is 0.450. The van der Waals surface area contributed by atoms with Crippen LogP contribution in [0, 0.1) is 0 Å². The molecule has 3 aromatic rings. The van der Waals surface area contributed by atoms with Crippen LogP contribution in [0.5, 0.6) is 11.5 Å². The molecule has 0 aromatic heterocycles. The molecule has 0 fully saturated rings. The summed E-state index contributed by atoms with van der Waals surface area (Å²) in [6.07, 6.45) is -5.83. The van der Waals surface area contributed by atoms with Crippen LogP contribution in [0.25, 0.3) is 0 Å².